The SMILES string of the molecule is CCCCn1c(SCC(=O)NCCc2c[nH]c3ccccc23)nc2sc(C)c(C)c2c1=O. The number of nitrogens with one attached hydrogen (secondary N) is 2. The fourth-order valence-corrected chi connectivity index (χ4v) is 5.71. The number of unbranched alkanes of at least 4 members (excludes halogenated alkanes) is 1. The molecule has 1 amide bonds. The van der Waals surface area contributed by atoms with E-state index in [-0.39, 0.29) is 17.2 Å². The third-order valence-corrected chi connectivity index (χ3v) is 7.79. The number of fused-ring (bicyclic) bond motifs is 2. The molecule has 1 aromatic carbocycles. The van der Waals surface area contributed by atoms with Crippen molar-refractivity contribution in [3.05, 3.63) is 56.8 Å². The van der Waals surface area contributed by atoms with Crippen LogP contribution < -0.4 is 10.9 Å². The maximum atomic E-state index is 13.2. The number of benzene rings is 1. The molecule has 8 heteroatoms. The first kappa shape index (κ1) is 22.6. The second-order valence-corrected chi connectivity index (χ2v) is 10.1. The molecule has 4 aromatic rings. The quantitative estimate of drug-likeness (QED) is 0.273. The average molecular weight is 469 g/mol. The van der Waals surface area contributed by atoms with E-state index < -0.39 is 0 Å². The van der Waals surface area contributed by atoms with Gasteiger partial charge in [0, 0.05) is 35.1 Å². The largest absolute Gasteiger partial charge is 0.361 e. The Labute approximate surface area is 195 Å². The first-order valence-electron chi connectivity index (χ1n) is 10.9. The van der Waals surface area contributed by atoms with Gasteiger partial charge in [0.2, 0.25) is 5.91 Å². The Bertz CT molecular complexity index is 1320. The molecule has 0 saturated heterocycles. The van der Waals surface area contributed by atoms with Crippen LogP contribution >= 0.6 is 23.1 Å². The molecule has 0 spiro atoms. The Morgan fingerprint density at radius 3 is 2.91 bits per heavy atom. The molecule has 2 N–H and O–H groups in total. The van der Waals surface area contributed by atoms with Gasteiger partial charge in [-0.3, -0.25) is 14.2 Å². The first-order chi connectivity index (χ1) is 15.5. The number of carbonyl (C=O) groups is 1. The molecule has 3 aromatic heterocycles. The van der Waals surface area contributed by atoms with Crippen LogP contribution in [0, 0.1) is 13.8 Å². The van der Waals surface area contributed by atoms with E-state index in [1.165, 1.54) is 22.7 Å². The number of nitrogens with zero attached hydrogens (tertiary/aromatic N) is 2. The number of aromatic nitrogens is 3. The van der Waals surface area contributed by atoms with E-state index >= 15 is 0 Å². The minimum absolute atomic E-state index is 0.00699. The molecule has 4 rings (SSSR count). The molecule has 6 nitrogen and oxygen atoms in total. The van der Waals surface area contributed by atoms with Crippen LogP contribution in [0.4, 0.5) is 0 Å². The van der Waals surface area contributed by atoms with E-state index in [9.17, 15) is 9.59 Å². The summed E-state index contributed by atoms with van der Waals surface area (Å²) in [5.74, 6) is 0.186. The molecule has 0 aliphatic carbocycles. The average Bonchev–Trinajstić information content (AvgIpc) is 3.32. The van der Waals surface area contributed by atoms with Gasteiger partial charge in [-0.2, -0.15) is 0 Å². The lowest BCUT2D eigenvalue weighted by Crippen LogP contribution is -2.28. The number of aryl methyl sites for hydroxylation is 2. The molecule has 0 bridgehead atoms. The molecule has 168 valence electrons. The number of thioether (sulfide) groups is 1. The van der Waals surface area contributed by atoms with Crippen LogP contribution in [0.2, 0.25) is 0 Å². The maximum absolute atomic E-state index is 13.2. The topological polar surface area (TPSA) is 79.8 Å². The van der Waals surface area contributed by atoms with Gasteiger partial charge in [0.15, 0.2) is 5.16 Å². The summed E-state index contributed by atoms with van der Waals surface area (Å²) in [5, 5.41) is 5.53. The van der Waals surface area contributed by atoms with Crippen LogP contribution in [0.3, 0.4) is 0 Å². The van der Waals surface area contributed by atoms with E-state index in [0.29, 0.717) is 18.2 Å². The lowest BCUT2D eigenvalue weighted by atomic mass is 10.1. The zero-order valence-corrected chi connectivity index (χ0v) is 20.3. The number of rotatable bonds is 9. The van der Waals surface area contributed by atoms with Crippen molar-refractivity contribution < 1.29 is 4.79 Å². The zero-order chi connectivity index (χ0) is 22.7. The molecule has 3 heterocycles. The molecule has 0 aliphatic heterocycles. The Kier molecular flexibility index (Phi) is 7.01. The van der Waals surface area contributed by atoms with Gasteiger partial charge in [0.25, 0.3) is 5.56 Å². The van der Waals surface area contributed by atoms with Crippen molar-refractivity contribution in [1.29, 1.82) is 0 Å². The summed E-state index contributed by atoms with van der Waals surface area (Å²) in [6.07, 6.45) is 4.66. The molecule has 32 heavy (non-hydrogen) atoms. The molecule has 0 aliphatic rings. The summed E-state index contributed by atoms with van der Waals surface area (Å²) in [4.78, 5) is 35.5. The fourth-order valence-electron chi connectivity index (χ4n) is 3.79. The van der Waals surface area contributed by atoms with Gasteiger partial charge in [-0.25, -0.2) is 4.98 Å². The van der Waals surface area contributed by atoms with Crippen LogP contribution in [0.1, 0.15) is 35.8 Å². The fraction of sp³-hybridized carbons (Fsp3) is 0.375. The monoisotopic (exact) mass is 468 g/mol. The number of hydrogen-bond donors (Lipinski definition) is 2. The number of carbonyl (C=O) groups excluding carboxylic acids is 1. The normalized spacial score (nSPS) is 11.5. The third kappa shape index (κ3) is 4.61. The molecule has 0 atom stereocenters. The predicted octanol–water partition coefficient (Wildman–Crippen LogP) is 4.81. The number of aromatic amines is 1. The summed E-state index contributed by atoms with van der Waals surface area (Å²) in [6, 6.07) is 8.16. The van der Waals surface area contributed by atoms with Gasteiger partial charge in [-0.1, -0.05) is 43.3 Å². The molecule has 0 unspecified atom stereocenters. The van der Waals surface area contributed by atoms with Gasteiger partial charge < -0.3 is 10.3 Å². The highest BCUT2D eigenvalue weighted by Crippen LogP contribution is 2.28. The summed E-state index contributed by atoms with van der Waals surface area (Å²) < 4.78 is 1.74. The highest BCUT2D eigenvalue weighted by Gasteiger charge is 2.17. The lowest BCUT2D eigenvalue weighted by Gasteiger charge is -2.12. The Morgan fingerprint density at radius 2 is 2.09 bits per heavy atom. The van der Waals surface area contributed by atoms with Crippen LogP contribution in [0.25, 0.3) is 21.1 Å². The maximum Gasteiger partial charge on any atom is 0.263 e. The van der Waals surface area contributed by atoms with Crippen molar-refractivity contribution in [2.45, 2.75) is 51.7 Å². The van der Waals surface area contributed by atoms with Crippen LogP contribution in [0.5, 0.6) is 0 Å². The van der Waals surface area contributed by atoms with Crippen molar-refractivity contribution in [2.24, 2.45) is 0 Å². The van der Waals surface area contributed by atoms with Crippen LogP contribution in [-0.2, 0) is 17.8 Å². The standard InChI is InChI=1S/C24H28N4O2S2/c1-4-5-12-28-23(30)21-15(2)16(3)32-22(21)27-24(28)31-14-20(29)25-11-10-17-13-26-19-9-7-6-8-18(17)19/h6-9,13,26H,4-5,10-12,14H2,1-3H3,(H,25,29). The van der Waals surface area contributed by atoms with E-state index in [0.717, 1.165) is 45.4 Å². The Hall–Kier alpha value is -2.58. The van der Waals surface area contributed by atoms with Crippen LogP contribution in [-0.4, -0.2) is 32.7 Å². The van der Waals surface area contributed by atoms with Crippen molar-refractivity contribution in [3.8, 4) is 0 Å². The minimum atomic E-state index is -0.0511. The van der Waals surface area contributed by atoms with Crippen LogP contribution in [0.15, 0.2) is 40.4 Å². The number of hydrogen-bond acceptors (Lipinski definition) is 5. The van der Waals surface area contributed by atoms with Crippen molar-refractivity contribution in [3.63, 3.8) is 0 Å². The van der Waals surface area contributed by atoms with E-state index in [1.807, 2.05) is 38.2 Å². The molecule has 0 fully saturated rings. The number of H-pyrrole nitrogens is 1. The number of para-hydroxylation sites is 1. The first-order valence-corrected chi connectivity index (χ1v) is 12.7. The summed E-state index contributed by atoms with van der Waals surface area (Å²) in [6.45, 7) is 7.29. The highest BCUT2D eigenvalue weighted by molar-refractivity contribution is 7.99. The van der Waals surface area contributed by atoms with Gasteiger partial charge >= 0.3 is 0 Å². The van der Waals surface area contributed by atoms with Gasteiger partial charge in [0.05, 0.1) is 11.1 Å². The highest BCUT2D eigenvalue weighted by atomic mass is 32.2. The second kappa shape index (κ2) is 9.92. The van der Waals surface area contributed by atoms with E-state index in [4.69, 9.17) is 4.98 Å². The Balaban J connectivity index is 1.42. The molecular weight excluding hydrogens is 440 g/mol. The zero-order valence-electron chi connectivity index (χ0n) is 18.7. The predicted molar refractivity (Wildman–Crippen MR) is 134 cm³/mol. The molecular formula is C24H28N4O2S2. The number of thiophene rings is 1. The summed E-state index contributed by atoms with van der Waals surface area (Å²) >= 11 is 2.89. The van der Waals surface area contributed by atoms with Gasteiger partial charge in [0.1, 0.15) is 4.83 Å². The Morgan fingerprint density at radius 1 is 1.28 bits per heavy atom. The summed E-state index contributed by atoms with van der Waals surface area (Å²) in [5.41, 5.74) is 3.32. The lowest BCUT2D eigenvalue weighted by molar-refractivity contribution is -0.118. The van der Waals surface area contributed by atoms with Gasteiger partial charge in [-0.15, -0.1) is 11.3 Å². The summed E-state index contributed by atoms with van der Waals surface area (Å²) in [7, 11) is 0. The molecule has 0 radical (unpaired) electrons. The van der Waals surface area contributed by atoms with Crippen molar-refractivity contribution >= 4 is 50.1 Å². The smallest absolute Gasteiger partial charge is 0.263 e. The van der Waals surface area contributed by atoms with E-state index in [2.05, 4.69) is 23.3 Å². The van der Waals surface area contributed by atoms with E-state index in [1.54, 1.807) is 15.9 Å². The third-order valence-electron chi connectivity index (χ3n) is 5.71. The minimum Gasteiger partial charge on any atom is -0.361 e. The van der Waals surface area contributed by atoms with Crippen molar-refractivity contribution in [1.82, 2.24) is 19.9 Å². The second-order valence-electron chi connectivity index (χ2n) is 7.92. The van der Waals surface area contributed by atoms with Gasteiger partial charge in [-0.05, 0) is 43.9 Å². The van der Waals surface area contributed by atoms with Crippen molar-refractivity contribution in [2.75, 3.05) is 12.3 Å². The number of amides is 1. The molecule has 0 saturated carbocycles.